The van der Waals surface area contributed by atoms with Crippen LogP contribution in [0, 0.1) is 0 Å². The monoisotopic (exact) mass is 739 g/mol. The third-order valence-corrected chi connectivity index (χ3v) is 8.91. The molecule has 13 heteroatoms. The van der Waals surface area contributed by atoms with E-state index in [1.165, 1.54) is 11.9 Å². The number of hydrogen-bond acceptors (Lipinski definition) is 12. The molecule has 0 aliphatic carbocycles. The van der Waals surface area contributed by atoms with E-state index in [2.05, 4.69) is 37.6 Å². The number of fused-ring (bicyclic) bond motifs is 2. The lowest BCUT2D eigenvalue weighted by atomic mass is 10.1. The Labute approximate surface area is 316 Å². The number of nitrogens with two attached hydrogens (primary N) is 1. The zero-order valence-corrected chi connectivity index (χ0v) is 32.2. The van der Waals surface area contributed by atoms with E-state index in [-0.39, 0.29) is 0 Å². The highest BCUT2D eigenvalue weighted by Crippen LogP contribution is 2.21. The third-order valence-electron chi connectivity index (χ3n) is 8.91. The van der Waals surface area contributed by atoms with Crippen LogP contribution in [-0.4, -0.2) is 123 Å². The van der Waals surface area contributed by atoms with E-state index in [1.54, 1.807) is 0 Å². The van der Waals surface area contributed by atoms with E-state index in [0.29, 0.717) is 71.6 Å². The zero-order chi connectivity index (χ0) is 37.8. The summed E-state index contributed by atoms with van der Waals surface area (Å²) in [6.07, 6.45) is 11.4. The van der Waals surface area contributed by atoms with Crippen molar-refractivity contribution in [3.05, 3.63) is 54.0 Å². The fourth-order valence-electron chi connectivity index (χ4n) is 6.00. The number of ether oxygens (including phenoxy) is 4. The number of carboxylic acid groups (broad SMARTS) is 1. The van der Waals surface area contributed by atoms with Crippen molar-refractivity contribution in [2.45, 2.75) is 84.1 Å². The van der Waals surface area contributed by atoms with E-state index in [9.17, 15) is 9.90 Å². The lowest BCUT2D eigenvalue weighted by Crippen LogP contribution is -2.37. The second-order valence-electron chi connectivity index (χ2n) is 12.9. The van der Waals surface area contributed by atoms with Gasteiger partial charge in [0.1, 0.15) is 24.0 Å². The molecule has 4 rings (SSSR count). The number of rotatable bonds is 29. The van der Waals surface area contributed by atoms with Gasteiger partial charge in [-0.05, 0) is 94.6 Å². The predicted octanol–water partition coefficient (Wildman–Crippen LogP) is 5.57. The number of para-hydroxylation sites is 1. The highest BCUT2D eigenvalue weighted by molar-refractivity contribution is 5.90. The number of carboxylic acids is 1. The van der Waals surface area contributed by atoms with Gasteiger partial charge in [0.15, 0.2) is 0 Å². The van der Waals surface area contributed by atoms with Gasteiger partial charge in [-0.25, -0.2) is 19.7 Å². The Morgan fingerprint density at radius 1 is 0.849 bits per heavy atom. The molecule has 0 bridgehead atoms. The molecule has 0 saturated heterocycles. The molecular formula is C40H65N7O6. The summed E-state index contributed by atoms with van der Waals surface area (Å²) in [6.45, 7) is 12.3. The molecule has 0 fully saturated rings. The first-order chi connectivity index (χ1) is 26.1. The minimum absolute atomic E-state index is 0.419. The molecule has 3 heterocycles. The topological polar surface area (TPSA) is 166 Å². The van der Waals surface area contributed by atoms with Crippen LogP contribution >= 0.6 is 0 Å². The largest absolute Gasteiger partial charge is 0.480 e. The lowest BCUT2D eigenvalue weighted by Gasteiger charge is -2.25. The first-order valence-electron chi connectivity index (χ1n) is 19.8. The van der Waals surface area contributed by atoms with Crippen LogP contribution in [0.15, 0.2) is 42.7 Å². The quantitative estimate of drug-likeness (QED) is 0.0653. The minimum Gasteiger partial charge on any atom is -0.480 e. The Morgan fingerprint density at radius 3 is 2.32 bits per heavy atom. The molecule has 0 spiro atoms. The summed E-state index contributed by atoms with van der Waals surface area (Å²) in [4.78, 5) is 28.1. The second kappa shape index (κ2) is 28.0. The van der Waals surface area contributed by atoms with Gasteiger partial charge >= 0.3 is 5.97 Å². The molecule has 2 aromatic heterocycles. The summed E-state index contributed by atoms with van der Waals surface area (Å²) < 4.78 is 22.7. The van der Waals surface area contributed by atoms with Crippen LogP contribution in [-0.2, 0) is 36.6 Å². The number of unbranched alkanes of at least 4 members (excludes halogenated alkanes) is 4. The maximum Gasteiger partial charge on any atom is 0.326 e. The van der Waals surface area contributed by atoms with Crippen LogP contribution in [0.3, 0.4) is 0 Å². The van der Waals surface area contributed by atoms with Crippen molar-refractivity contribution >= 4 is 28.5 Å². The van der Waals surface area contributed by atoms with Crippen LogP contribution < -0.4 is 16.4 Å². The maximum atomic E-state index is 12.3. The van der Waals surface area contributed by atoms with Crippen molar-refractivity contribution in [1.29, 1.82) is 0 Å². The molecule has 0 amide bonds. The Balaban J connectivity index is 0.00000372. The Kier molecular flexibility index (Phi) is 23.3. The lowest BCUT2D eigenvalue weighted by molar-refractivity contribution is -0.138. The van der Waals surface area contributed by atoms with Crippen molar-refractivity contribution in [3.8, 4) is 0 Å². The molecule has 53 heavy (non-hydrogen) atoms. The Bertz CT molecular complexity index is 1400. The molecule has 1 aliphatic rings. The summed E-state index contributed by atoms with van der Waals surface area (Å²) in [5.74, 6) is 0.667. The Hall–Kier alpha value is -3.46. The average molecular weight is 740 g/mol. The van der Waals surface area contributed by atoms with Crippen LogP contribution in [0.5, 0.6) is 0 Å². The van der Waals surface area contributed by atoms with Gasteiger partial charge in [-0.15, -0.1) is 0 Å². The number of anilines is 2. The number of aromatic nitrogens is 3. The molecule has 3 aromatic rings. The SMILES string of the molecule is CC.NCCCCCOCCOCCOCCOCCN(CCCCCc1ccc2c(n1)NCCC2)CCC(Nc1ncnc2ccccc12)C(=O)O. The molecule has 1 aliphatic heterocycles. The van der Waals surface area contributed by atoms with E-state index in [1.807, 2.05) is 38.1 Å². The molecule has 0 radical (unpaired) electrons. The van der Waals surface area contributed by atoms with Crippen molar-refractivity contribution in [1.82, 2.24) is 19.9 Å². The number of pyridine rings is 1. The van der Waals surface area contributed by atoms with E-state index < -0.39 is 12.0 Å². The van der Waals surface area contributed by atoms with Gasteiger partial charge in [0.2, 0.25) is 0 Å². The van der Waals surface area contributed by atoms with Crippen molar-refractivity contribution in [2.75, 3.05) is 96.2 Å². The number of aliphatic carboxylic acids is 1. The maximum absolute atomic E-state index is 12.3. The third kappa shape index (κ3) is 17.9. The molecule has 13 nitrogen and oxygen atoms in total. The predicted molar refractivity (Wildman–Crippen MR) is 212 cm³/mol. The summed E-state index contributed by atoms with van der Waals surface area (Å²) in [5.41, 5.74) is 8.72. The molecule has 296 valence electrons. The van der Waals surface area contributed by atoms with Gasteiger partial charge in [-0.2, -0.15) is 0 Å². The average Bonchev–Trinajstić information content (AvgIpc) is 3.19. The van der Waals surface area contributed by atoms with Crippen molar-refractivity contribution in [3.63, 3.8) is 0 Å². The number of nitrogens with zero attached hydrogens (tertiary/aromatic N) is 4. The van der Waals surface area contributed by atoms with Gasteiger partial charge in [0, 0.05) is 37.3 Å². The van der Waals surface area contributed by atoms with Gasteiger partial charge in [0.05, 0.1) is 51.8 Å². The molecule has 1 aromatic carbocycles. The van der Waals surface area contributed by atoms with Gasteiger partial charge in [-0.1, -0.05) is 38.5 Å². The molecule has 0 saturated carbocycles. The number of carbonyl (C=O) groups is 1. The van der Waals surface area contributed by atoms with Gasteiger partial charge < -0.3 is 45.3 Å². The number of aryl methyl sites for hydroxylation is 2. The summed E-state index contributed by atoms with van der Waals surface area (Å²) in [7, 11) is 0. The number of hydrogen-bond donors (Lipinski definition) is 4. The minimum atomic E-state index is -0.909. The van der Waals surface area contributed by atoms with E-state index in [0.717, 1.165) is 106 Å². The summed E-state index contributed by atoms with van der Waals surface area (Å²) >= 11 is 0. The van der Waals surface area contributed by atoms with Crippen molar-refractivity contribution in [2.24, 2.45) is 5.73 Å². The first-order valence-corrected chi connectivity index (χ1v) is 19.8. The van der Waals surface area contributed by atoms with E-state index in [4.69, 9.17) is 29.7 Å². The van der Waals surface area contributed by atoms with Crippen LogP contribution in [0.25, 0.3) is 10.9 Å². The molecule has 1 atom stereocenters. The van der Waals surface area contributed by atoms with E-state index >= 15 is 0 Å². The fraction of sp³-hybridized carbons (Fsp3) is 0.650. The van der Waals surface area contributed by atoms with Crippen LogP contribution in [0.1, 0.15) is 76.5 Å². The Morgan fingerprint density at radius 2 is 1.57 bits per heavy atom. The van der Waals surface area contributed by atoms with Crippen LogP contribution in [0.4, 0.5) is 11.6 Å². The fourth-order valence-corrected chi connectivity index (χ4v) is 6.00. The molecule has 5 N–H and O–H groups in total. The normalized spacial score (nSPS) is 12.9. The zero-order valence-electron chi connectivity index (χ0n) is 32.2. The summed E-state index contributed by atoms with van der Waals surface area (Å²) in [5, 5.41) is 17.5. The first kappa shape index (κ1) is 43.9. The number of nitrogens with one attached hydrogen (secondary N) is 2. The number of benzene rings is 1. The van der Waals surface area contributed by atoms with Gasteiger partial charge in [0.25, 0.3) is 0 Å². The van der Waals surface area contributed by atoms with Gasteiger partial charge in [-0.3, -0.25) is 0 Å². The highest BCUT2D eigenvalue weighted by Gasteiger charge is 2.20. The second-order valence-corrected chi connectivity index (χ2v) is 12.9. The van der Waals surface area contributed by atoms with Crippen molar-refractivity contribution < 1.29 is 28.8 Å². The van der Waals surface area contributed by atoms with Crippen LogP contribution in [0.2, 0.25) is 0 Å². The summed E-state index contributed by atoms with van der Waals surface area (Å²) in [6, 6.07) is 11.2. The smallest absolute Gasteiger partial charge is 0.326 e. The standard InChI is InChI=1S/C38H59N7O6.C2H6/c39-17-6-2-8-22-48-24-26-50-28-29-51-27-25-49-23-21-45(19-7-1-3-11-32-15-14-31-10-9-18-40-36(31)43-32)20-16-35(38(46)47)44-37-33-12-4-5-13-34(33)41-30-42-37;1-2/h4-5,12-15,30,35H,1-3,6-11,16-29,39H2,(H,40,43)(H,46,47)(H,41,42,44);1-2H3. The molecular weight excluding hydrogens is 674 g/mol. The molecule has 1 unspecified atom stereocenters. The highest BCUT2D eigenvalue weighted by atomic mass is 16.6.